The molecule has 0 aromatic rings. The summed E-state index contributed by atoms with van der Waals surface area (Å²) in [4.78, 5) is 24.5. The third kappa shape index (κ3) is 4.29. The lowest BCUT2D eigenvalue weighted by Crippen LogP contribution is -2.40. The zero-order valence-corrected chi connectivity index (χ0v) is 11.2. The molecule has 5 heteroatoms. The van der Waals surface area contributed by atoms with Gasteiger partial charge in [0.15, 0.2) is 0 Å². The van der Waals surface area contributed by atoms with Crippen LogP contribution < -0.4 is 0 Å². The highest BCUT2D eigenvalue weighted by atomic mass is 16.5. The SMILES string of the molecule is CCN(CCC(=O)O)C(=O)C(C)C1CCOCC1. The summed E-state index contributed by atoms with van der Waals surface area (Å²) in [6.45, 7) is 6.16. The van der Waals surface area contributed by atoms with E-state index in [1.54, 1.807) is 4.90 Å². The maximum Gasteiger partial charge on any atom is 0.305 e. The van der Waals surface area contributed by atoms with Crippen LogP contribution in [-0.4, -0.2) is 48.2 Å². The molecule has 0 radical (unpaired) electrons. The van der Waals surface area contributed by atoms with Gasteiger partial charge in [-0.1, -0.05) is 6.92 Å². The molecule has 0 aromatic heterocycles. The van der Waals surface area contributed by atoms with Crippen LogP contribution in [0.15, 0.2) is 0 Å². The summed E-state index contributed by atoms with van der Waals surface area (Å²) in [5, 5.41) is 8.67. The monoisotopic (exact) mass is 257 g/mol. The molecule has 1 unspecified atom stereocenters. The molecule has 0 saturated carbocycles. The van der Waals surface area contributed by atoms with Gasteiger partial charge in [0.05, 0.1) is 6.42 Å². The first-order valence-electron chi connectivity index (χ1n) is 6.64. The van der Waals surface area contributed by atoms with E-state index in [1.807, 2.05) is 13.8 Å². The third-order valence-corrected chi connectivity index (χ3v) is 3.65. The van der Waals surface area contributed by atoms with Gasteiger partial charge in [-0.2, -0.15) is 0 Å². The number of carboxylic acids is 1. The summed E-state index contributed by atoms with van der Waals surface area (Å²) in [5.41, 5.74) is 0. The largest absolute Gasteiger partial charge is 0.481 e. The molecule has 1 heterocycles. The van der Waals surface area contributed by atoms with Crippen LogP contribution in [0.2, 0.25) is 0 Å². The second-order valence-corrected chi connectivity index (χ2v) is 4.80. The van der Waals surface area contributed by atoms with Gasteiger partial charge in [0.2, 0.25) is 5.91 Å². The molecule has 1 fully saturated rings. The van der Waals surface area contributed by atoms with Crippen LogP contribution in [0.1, 0.15) is 33.1 Å². The lowest BCUT2D eigenvalue weighted by Gasteiger charge is -2.31. The first-order chi connectivity index (χ1) is 8.56. The number of carbonyl (C=O) groups excluding carboxylic acids is 1. The summed E-state index contributed by atoms with van der Waals surface area (Å²) in [6, 6.07) is 0. The topological polar surface area (TPSA) is 66.8 Å². The number of hydrogen-bond acceptors (Lipinski definition) is 3. The van der Waals surface area contributed by atoms with Gasteiger partial charge in [-0.25, -0.2) is 0 Å². The average molecular weight is 257 g/mol. The van der Waals surface area contributed by atoms with Crippen molar-refractivity contribution in [3.8, 4) is 0 Å². The quantitative estimate of drug-likeness (QED) is 0.780. The van der Waals surface area contributed by atoms with Crippen LogP contribution >= 0.6 is 0 Å². The Bertz CT molecular complexity index is 287. The molecular weight excluding hydrogens is 234 g/mol. The van der Waals surface area contributed by atoms with E-state index in [0.29, 0.717) is 19.0 Å². The normalized spacial score (nSPS) is 18.3. The maximum atomic E-state index is 12.3. The van der Waals surface area contributed by atoms with Gasteiger partial charge in [0, 0.05) is 32.2 Å². The first-order valence-corrected chi connectivity index (χ1v) is 6.64. The van der Waals surface area contributed by atoms with Crippen molar-refractivity contribution in [1.82, 2.24) is 4.90 Å². The number of rotatable bonds is 6. The Hall–Kier alpha value is -1.10. The molecule has 1 atom stereocenters. The van der Waals surface area contributed by atoms with E-state index in [4.69, 9.17) is 9.84 Å². The fraction of sp³-hybridized carbons (Fsp3) is 0.846. The highest BCUT2D eigenvalue weighted by Gasteiger charge is 2.28. The second-order valence-electron chi connectivity index (χ2n) is 4.80. The number of amides is 1. The van der Waals surface area contributed by atoms with E-state index < -0.39 is 5.97 Å². The van der Waals surface area contributed by atoms with E-state index >= 15 is 0 Å². The minimum Gasteiger partial charge on any atom is -0.481 e. The molecule has 1 rings (SSSR count). The van der Waals surface area contributed by atoms with Crippen molar-refractivity contribution in [1.29, 1.82) is 0 Å². The second kappa shape index (κ2) is 7.36. The Kier molecular flexibility index (Phi) is 6.12. The van der Waals surface area contributed by atoms with Crippen LogP contribution in [0.3, 0.4) is 0 Å². The average Bonchev–Trinajstić information content (AvgIpc) is 2.39. The van der Waals surface area contributed by atoms with Gasteiger partial charge in [-0.3, -0.25) is 9.59 Å². The van der Waals surface area contributed by atoms with E-state index in [-0.39, 0.29) is 18.2 Å². The third-order valence-electron chi connectivity index (χ3n) is 3.65. The number of nitrogens with zero attached hydrogens (tertiary/aromatic N) is 1. The number of carboxylic acid groups (broad SMARTS) is 1. The first kappa shape index (κ1) is 15.0. The standard InChI is InChI=1S/C13H23NO4/c1-3-14(7-4-12(15)16)13(17)10(2)11-5-8-18-9-6-11/h10-11H,3-9H2,1-2H3,(H,15,16). The Balaban J connectivity index is 2.50. The number of aliphatic carboxylic acids is 1. The molecule has 1 aliphatic heterocycles. The zero-order chi connectivity index (χ0) is 13.5. The van der Waals surface area contributed by atoms with Gasteiger partial charge in [0.1, 0.15) is 0 Å². The number of carbonyl (C=O) groups is 2. The lowest BCUT2D eigenvalue weighted by molar-refractivity contribution is -0.140. The van der Waals surface area contributed by atoms with Crippen molar-refractivity contribution in [3.05, 3.63) is 0 Å². The van der Waals surface area contributed by atoms with E-state index in [9.17, 15) is 9.59 Å². The van der Waals surface area contributed by atoms with Crippen LogP contribution in [0, 0.1) is 11.8 Å². The van der Waals surface area contributed by atoms with Crippen molar-refractivity contribution in [2.24, 2.45) is 11.8 Å². The van der Waals surface area contributed by atoms with Crippen molar-refractivity contribution < 1.29 is 19.4 Å². The van der Waals surface area contributed by atoms with Crippen LogP contribution in [0.4, 0.5) is 0 Å². The highest BCUT2D eigenvalue weighted by Crippen LogP contribution is 2.25. The molecule has 0 aliphatic carbocycles. The van der Waals surface area contributed by atoms with Crippen molar-refractivity contribution >= 4 is 11.9 Å². The van der Waals surface area contributed by atoms with Crippen molar-refractivity contribution in [2.45, 2.75) is 33.1 Å². The van der Waals surface area contributed by atoms with Gasteiger partial charge in [0.25, 0.3) is 0 Å². The molecule has 0 spiro atoms. The fourth-order valence-corrected chi connectivity index (χ4v) is 2.36. The Morgan fingerprint density at radius 2 is 2.00 bits per heavy atom. The molecule has 1 N–H and O–H groups in total. The van der Waals surface area contributed by atoms with Gasteiger partial charge in [-0.05, 0) is 25.7 Å². The molecule has 18 heavy (non-hydrogen) atoms. The Labute approximate surface area is 108 Å². The molecule has 1 aliphatic rings. The molecule has 0 aromatic carbocycles. The minimum atomic E-state index is -0.861. The Morgan fingerprint density at radius 3 is 2.50 bits per heavy atom. The van der Waals surface area contributed by atoms with Gasteiger partial charge >= 0.3 is 5.97 Å². The predicted octanol–water partition coefficient (Wildman–Crippen LogP) is 1.37. The molecule has 5 nitrogen and oxygen atoms in total. The molecular formula is C13H23NO4. The van der Waals surface area contributed by atoms with Crippen LogP contribution in [0.5, 0.6) is 0 Å². The highest BCUT2D eigenvalue weighted by molar-refractivity contribution is 5.79. The van der Waals surface area contributed by atoms with E-state index in [0.717, 1.165) is 26.1 Å². The smallest absolute Gasteiger partial charge is 0.305 e. The summed E-state index contributed by atoms with van der Waals surface area (Å²) < 4.78 is 5.29. The summed E-state index contributed by atoms with van der Waals surface area (Å²) >= 11 is 0. The minimum absolute atomic E-state index is 0.0140. The molecule has 1 amide bonds. The number of hydrogen-bond donors (Lipinski definition) is 1. The van der Waals surface area contributed by atoms with Crippen molar-refractivity contribution in [2.75, 3.05) is 26.3 Å². The lowest BCUT2D eigenvalue weighted by atomic mass is 9.86. The zero-order valence-electron chi connectivity index (χ0n) is 11.2. The summed E-state index contributed by atoms with van der Waals surface area (Å²) in [6.07, 6.45) is 1.85. The number of ether oxygens (including phenoxy) is 1. The van der Waals surface area contributed by atoms with E-state index in [1.165, 1.54) is 0 Å². The fourth-order valence-electron chi connectivity index (χ4n) is 2.36. The van der Waals surface area contributed by atoms with Crippen LogP contribution in [-0.2, 0) is 14.3 Å². The summed E-state index contributed by atoms with van der Waals surface area (Å²) in [5.74, 6) is -0.460. The Morgan fingerprint density at radius 1 is 1.39 bits per heavy atom. The van der Waals surface area contributed by atoms with E-state index in [2.05, 4.69) is 0 Å². The molecule has 1 saturated heterocycles. The van der Waals surface area contributed by atoms with Gasteiger partial charge in [-0.15, -0.1) is 0 Å². The van der Waals surface area contributed by atoms with Crippen molar-refractivity contribution in [3.63, 3.8) is 0 Å². The summed E-state index contributed by atoms with van der Waals surface area (Å²) in [7, 11) is 0. The predicted molar refractivity (Wildman–Crippen MR) is 67.2 cm³/mol. The molecule has 0 bridgehead atoms. The van der Waals surface area contributed by atoms with Crippen LogP contribution in [0.25, 0.3) is 0 Å². The maximum absolute atomic E-state index is 12.3. The van der Waals surface area contributed by atoms with Gasteiger partial charge < -0.3 is 14.7 Å². The molecule has 104 valence electrons.